The second kappa shape index (κ2) is 8.66. The van der Waals surface area contributed by atoms with Crippen molar-refractivity contribution in [2.45, 2.75) is 26.3 Å². The number of rotatable bonds is 4. The Morgan fingerprint density at radius 2 is 1.82 bits per heavy atom. The molecular formula is C25H19F3N2O4. The van der Waals surface area contributed by atoms with Crippen LogP contribution in [0.25, 0.3) is 5.76 Å². The summed E-state index contributed by atoms with van der Waals surface area (Å²) in [6.45, 7) is 3.57. The van der Waals surface area contributed by atoms with Gasteiger partial charge in [-0.05, 0) is 49.2 Å². The van der Waals surface area contributed by atoms with Crippen LogP contribution in [0.4, 0.5) is 18.9 Å². The highest BCUT2D eigenvalue weighted by Crippen LogP contribution is 2.43. The number of aromatic nitrogens is 1. The molecule has 1 fully saturated rings. The minimum Gasteiger partial charge on any atom is -0.507 e. The number of amides is 1. The molecule has 0 saturated carbocycles. The van der Waals surface area contributed by atoms with Crippen LogP contribution in [0.15, 0.2) is 72.6 Å². The highest BCUT2D eigenvalue weighted by Gasteiger charge is 2.47. The Morgan fingerprint density at radius 1 is 1.06 bits per heavy atom. The van der Waals surface area contributed by atoms with E-state index >= 15 is 0 Å². The number of halogens is 3. The molecule has 9 heteroatoms. The molecule has 1 N–H and O–H groups in total. The molecule has 0 radical (unpaired) electrons. The molecule has 34 heavy (non-hydrogen) atoms. The number of Topliss-reactive ketones (excluding diaryl/α,β-unsaturated/α-hetero) is 1. The Bertz CT molecular complexity index is 1300. The summed E-state index contributed by atoms with van der Waals surface area (Å²) in [5, 5.41) is 11.2. The van der Waals surface area contributed by atoms with Gasteiger partial charge in [-0.2, -0.15) is 0 Å². The lowest BCUT2D eigenvalue weighted by molar-refractivity contribution is -0.274. The minimum atomic E-state index is -4.93. The van der Waals surface area contributed by atoms with Crippen molar-refractivity contribution in [2.24, 2.45) is 0 Å². The van der Waals surface area contributed by atoms with Gasteiger partial charge >= 0.3 is 6.36 Å². The monoisotopic (exact) mass is 468 g/mol. The van der Waals surface area contributed by atoms with Crippen molar-refractivity contribution in [1.82, 2.24) is 4.98 Å². The van der Waals surface area contributed by atoms with Crippen molar-refractivity contribution in [3.05, 3.63) is 94.8 Å². The fourth-order valence-electron chi connectivity index (χ4n) is 3.92. The molecule has 174 valence electrons. The maximum atomic E-state index is 13.2. The third-order valence-electron chi connectivity index (χ3n) is 5.42. The Morgan fingerprint density at radius 3 is 2.50 bits per heavy atom. The molecule has 1 atom stereocenters. The minimum absolute atomic E-state index is 0.00211. The van der Waals surface area contributed by atoms with E-state index in [1.54, 1.807) is 31.2 Å². The number of nitrogens with zero attached hydrogens (tertiary/aromatic N) is 2. The number of aliphatic hydroxyl groups is 1. The number of carbonyl (C=O) groups excluding carboxylic acids is 2. The first-order valence-electron chi connectivity index (χ1n) is 10.2. The van der Waals surface area contributed by atoms with Crippen molar-refractivity contribution in [1.29, 1.82) is 0 Å². The number of alkyl halides is 3. The van der Waals surface area contributed by atoms with E-state index in [0.717, 1.165) is 22.6 Å². The number of hydrogen-bond donors (Lipinski definition) is 1. The van der Waals surface area contributed by atoms with Gasteiger partial charge in [0.15, 0.2) is 0 Å². The zero-order valence-corrected chi connectivity index (χ0v) is 18.1. The molecule has 1 saturated heterocycles. The molecule has 2 heterocycles. The molecule has 1 aliphatic heterocycles. The van der Waals surface area contributed by atoms with Gasteiger partial charge in [0, 0.05) is 29.7 Å². The average molecular weight is 468 g/mol. The van der Waals surface area contributed by atoms with Gasteiger partial charge in [-0.1, -0.05) is 29.8 Å². The third kappa shape index (κ3) is 4.36. The highest BCUT2D eigenvalue weighted by atomic mass is 19.4. The van der Waals surface area contributed by atoms with Gasteiger partial charge in [0.25, 0.3) is 11.7 Å². The van der Waals surface area contributed by atoms with Crippen molar-refractivity contribution in [2.75, 3.05) is 4.90 Å². The van der Waals surface area contributed by atoms with Gasteiger partial charge in [0.2, 0.25) is 0 Å². The summed E-state index contributed by atoms with van der Waals surface area (Å²) in [6, 6.07) is 12.2. The Balaban J connectivity index is 1.92. The summed E-state index contributed by atoms with van der Waals surface area (Å²) in [4.78, 5) is 31.4. The molecular weight excluding hydrogens is 449 g/mol. The molecule has 0 bridgehead atoms. The predicted octanol–water partition coefficient (Wildman–Crippen LogP) is 5.22. The van der Waals surface area contributed by atoms with Gasteiger partial charge in [-0.25, -0.2) is 0 Å². The molecule has 0 spiro atoms. The number of carbonyl (C=O) groups is 2. The summed E-state index contributed by atoms with van der Waals surface area (Å²) in [5.74, 6) is -2.88. The SMILES string of the molecule is Cc1ccc(C)c(/C(O)=C2\C(=O)C(=O)N(c3cccc(OC(F)(F)F)c3)C2c2cccnc2)c1. The van der Waals surface area contributed by atoms with E-state index in [9.17, 15) is 27.9 Å². The van der Waals surface area contributed by atoms with Gasteiger partial charge in [-0.15, -0.1) is 13.2 Å². The van der Waals surface area contributed by atoms with Crippen molar-refractivity contribution in [3.8, 4) is 5.75 Å². The van der Waals surface area contributed by atoms with Crippen molar-refractivity contribution < 1.29 is 32.6 Å². The molecule has 6 nitrogen and oxygen atoms in total. The molecule has 1 aliphatic rings. The quantitative estimate of drug-likeness (QED) is 0.323. The van der Waals surface area contributed by atoms with Crippen LogP contribution in [-0.4, -0.2) is 28.1 Å². The van der Waals surface area contributed by atoms with E-state index in [0.29, 0.717) is 16.7 Å². The second-order valence-electron chi connectivity index (χ2n) is 7.82. The number of pyridine rings is 1. The summed E-state index contributed by atoms with van der Waals surface area (Å²) in [5.41, 5.74) is 2.10. The van der Waals surface area contributed by atoms with Crippen LogP contribution < -0.4 is 9.64 Å². The first-order chi connectivity index (χ1) is 16.1. The zero-order chi connectivity index (χ0) is 24.6. The lowest BCUT2D eigenvalue weighted by atomic mass is 9.94. The first-order valence-corrected chi connectivity index (χ1v) is 10.2. The van der Waals surface area contributed by atoms with E-state index in [1.807, 2.05) is 13.0 Å². The fraction of sp³-hybridized carbons (Fsp3) is 0.160. The summed E-state index contributed by atoms with van der Waals surface area (Å²) >= 11 is 0. The normalized spacial score (nSPS) is 17.8. The van der Waals surface area contributed by atoms with E-state index in [1.165, 1.54) is 24.5 Å². The number of anilines is 1. The second-order valence-corrected chi connectivity index (χ2v) is 7.82. The predicted molar refractivity (Wildman–Crippen MR) is 118 cm³/mol. The summed E-state index contributed by atoms with van der Waals surface area (Å²) in [7, 11) is 0. The van der Waals surface area contributed by atoms with Crippen LogP contribution in [-0.2, 0) is 9.59 Å². The van der Waals surface area contributed by atoms with Gasteiger partial charge in [0.1, 0.15) is 11.5 Å². The van der Waals surface area contributed by atoms with Crippen LogP contribution in [0.1, 0.15) is 28.3 Å². The molecule has 1 aromatic heterocycles. The standard InChI is InChI=1S/C25H19F3N2O4/c1-14-8-9-15(2)19(11-14)22(31)20-21(16-5-4-10-29-13-16)30(24(33)23(20)32)17-6-3-7-18(12-17)34-25(26,27)28/h3-13,21,31H,1-2H3/b22-20+. The van der Waals surface area contributed by atoms with Crippen LogP contribution in [0.2, 0.25) is 0 Å². The maximum Gasteiger partial charge on any atom is 0.573 e. The van der Waals surface area contributed by atoms with E-state index < -0.39 is 29.8 Å². The number of aliphatic hydroxyl groups excluding tert-OH is 1. The van der Waals surface area contributed by atoms with Gasteiger partial charge in [0.05, 0.1) is 11.6 Å². The number of ketones is 1. The Hall–Kier alpha value is -4.14. The van der Waals surface area contributed by atoms with Gasteiger partial charge in [-0.3, -0.25) is 19.5 Å². The average Bonchev–Trinajstić information content (AvgIpc) is 3.05. The Labute approximate surface area is 192 Å². The third-order valence-corrected chi connectivity index (χ3v) is 5.42. The Kier molecular flexibility index (Phi) is 5.87. The molecule has 4 rings (SSSR count). The van der Waals surface area contributed by atoms with E-state index in [4.69, 9.17) is 0 Å². The molecule has 0 aliphatic carbocycles. The van der Waals surface area contributed by atoms with Crippen molar-refractivity contribution in [3.63, 3.8) is 0 Å². The zero-order valence-electron chi connectivity index (χ0n) is 18.1. The number of hydrogen-bond acceptors (Lipinski definition) is 5. The number of ether oxygens (including phenoxy) is 1. The van der Waals surface area contributed by atoms with Crippen LogP contribution >= 0.6 is 0 Å². The fourth-order valence-corrected chi connectivity index (χ4v) is 3.92. The topological polar surface area (TPSA) is 79.7 Å². The molecule has 2 aromatic carbocycles. The molecule has 3 aromatic rings. The van der Waals surface area contributed by atoms with Crippen LogP contribution in [0.3, 0.4) is 0 Å². The van der Waals surface area contributed by atoms with Crippen molar-refractivity contribution >= 4 is 23.1 Å². The largest absolute Gasteiger partial charge is 0.573 e. The number of aryl methyl sites for hydroxylation is 2. The van der Waals surface area contributed by atoms with Crippen LogP contribution in [0.5, 0.6) is 5.75 Å². The lowest BCUT2D eigenvalue weighted by Crippen LogP contribution is -2.29. The molecule has 1 unspecified atom stereocenters. The maximum absolute atomic E-state index is 13.2. The first kappa shape index (κ1) is 23.0. The lowest BCUT2D eigenvalue weighted by Gasteiger charge is -2.25. The summed E-state index contributed by atoms with van der Waals surface area (Å²) < 4.78 is 42.2. The molecule has 1 amide bonds. The van der Waals surface area contributed by atoms with Crippen LogP contribution in [0, 0.1) is 13.8 Å². The summed E-state index contributed by atoms with van der Waals surface area (Å²) in [6.07, 6.45) is -2.01. The van der Waals surface area contributed by atoms with E-state index in [-0.39, 0.29) is 17.0 Å². The highest BCUT2D eigenvalue weighted by molar-refractivity contribution is 6.51. The smallest absolute Gasteiger partial charge is 0.507 e. The van der Waals surface area contributed by atoms with Gasteiger partial charge < -0.3 is 9.84 Å². The van der Waals surface area contributed by atoms with E-state index in [2.05, 4.69) is 9.72 Å². The number of benzene rings is 2.